The van der Waals surface area contributed by atoms with Gasteiger partial charge in [-0.3, -0.25) is 4.79 Å². The summed E-state index contributed by atoms with van der Waals surface area (Å²) in [5, 5.41) is 5.19. The summed E-state index contributed by atoms with van der Waals surface area (Å²) in [6, 6.07) is 14.8. The second-order valence-electron chi connectivity index (χ2n) is 6.60. The van der Waals surface area contributed by atoms with Gasteiger partial charge in [0.25, 0.3) is 0 Å². The molecule has 1 aromatic heterocycles. The standard InChI is InChI=1S/C24H25NO5S/c1-4-29-19-10-6-16(7-11-19)14-21(26)25-23-22(24(27)30-5-2)20(15-31-23)17-8-12-18(28-3)13-9-17/h6-13,15H,4-5,14H2,1-3H3,(H,25,26). The number of esters is 1. The summed E-state index contributed by atoms with van der Waals surface area (Å²) in [7, 11) is 1.60. The Morgan fingerprint density at radius 1 is 0.935 bits per heavy atom. The van der Waals surface area contributed by atoms with Gasteiger partial charge in [-0.05, 0) is 49.2 Å². The average molecular weight is 440 g/mol. The predicted molar refractivity (Wildman–Crippen MR) is 122 cm³/mol. The Kier molecular flexibility index (Phi) is 7.67. The van der Waals surface area contributed by atoms with Gasteiger partial charge in [0.15, 0.2) is 0 Å². The lowest BCUT2D eigenvalue weighted by molar-refractivity contribution is -0.115. The Hall–Kier alpha value is -3.32. The fraction of sp³-hybridized carbons (Fsp3) is 0.250. The molecule has 2 aromatic carbocycles. The lowest BCUT2D eigenvalue weighted by Crippen LogP contribution is -2.16. The molecule has 0 spiro atoms. The molecule has 1 N–H and O–H groups in total. The molecule has 0 unspecified atom stereocenters. The molecule has 6 nitrogen and oxygen atoms in total. The molecule has 31 heavy (non-hydrogen) atoms. The third-order valence-corrected chi connectivity index (χ3v) is 5.42. The van der Waals surface area contributed by atoms with Gasteiger partial charge in [0.05, 0.1) is 26.7 Å². The summed E-state index contributed by atoms with van der Waals surface area (Å²) in [6.45, 7) is 4.51. The highest BCUT2D eigenvalue weighted by Gasteiger charge is 2.23. The topological polar surface area (TPSA) is 73.9 Å². The van der Waals surface area contributed by atoms with E-state index in [4.69, 9.17) is 14.2 Å². The van der Waals surface area contributed by atoms with Crippen LogP contribution in [-0.4, -0.2) is 32.2 Å². The summed E-state index contributed by atoms with van der Waals surface area (Å²) in [5.74, 6) is 0.808. The summed E-state index contributed by atoms with van der Waals surface area (Å²) in [5.41, 5.74) is 2.76. The summed E-state index contributed by atoms with van der Waals surface area (Å²) in [4.78, 5) is 25.3. The molecule has 0 bridgehead atoms. The second-order valence-corrected chi connectivity index (χ2v) is 7.48. The van der Waals surface area contributed by atoms with Crippen LogP contribution >= 0.6 is 11.3 Å². The number of methoxy groups -OCH3 is 1. The lowest BCUT2D eigenvalue weighted by atomic mass is 10.0. The summed E-state index contributed by atoms with van der Waals surface area (Å²) < 4.78 is 15.9. The fourth-order valence-electron chi connectivity index (χ4n) is 3.07. The third kappa shape index (κ3) is 5.64. The molecule has 3 aromatic rings. The number of nitrogens with one attached hydrogen (secondary N) is 1. The maximum Gasteiger partial charge on any atom is 0.341 e. The van der Waals surface area contributed by atoms with E-state index in [2.05, 4.69) is 5.32 Å². The van der Waals surface area contributed by atoms with E-state index in [9.17, 15) is 9.59 Å². The quantitative estimate of drug-likeness (QED) is 0.465. The minimum atomic E-state index is -0.467. The minimum absolute atomic E-state index is 0.185. The van der Waals surface area contributed by atoms with Crippen LogP contribution in [0.3, 0.4) is 0 Å². The molecule has 1 heterocycles. The molecular formula is C24H25NO5S. The van der Waals surface area contributed by atoms with Crippen molar-refractivity contribution in [1.29, 1.82) is 0 Å². The Morgan fingerprint density at radius 2 is 1.61 bits per heavy atom. The first-order valence-electron chi connectivity index (χ1n) is 10.00. The molecule has 0 aliphatic carbocycles. The van der Waals surface area contributed by atoms with Crippen molar-refractivity contribution < 1.29 is 23.8 Å². The summed E-state index contributed by atoms with van der Waals surface area (Å²) >= 11 is 1.30. The van der Waals surface area contributed by atoms with Crippen molar-refractivity contribution in [1.82, 2.24) is 0 Å². The number of rotatable bonds is 9. The van der Waals surface area contributed by atoms with Crippen molar-refractivity contribution >= 4 is 28.2 Å². The molecule has 0 radical (unpaired) electrons. The van der Waals surface area contributed by atoms with Crippen LogP contribution < -0.4 is 14.8 Å². The maximum atomic E-state index is 12.7. The monoisotopic (exact) mass is 439 g/mol. The van der Waals surface area contributed by atoms with Gasteiger partial charge in [-0.2, -0.15) is 0 Å². The zero-order valence-corrected chi connectivity index (χ0v) is 18.6. The SMILES string of the molecule is CCOC(=O)c1c(-c2ccc(OC)cc2)csc1NC(=O)Cc1ccc(OCC)cc1. The van der Waals surface area contributed by atoms with E-state index in [1.165, 1.54) is 11.3 Å². The van der Waals surface area contributed by atoms with E-state index < -0.39 is 5.97 Å². The van der Waals surface area contributed by atoms with Crippen LogP contribution in [0.4, 0.5) is 5.00 Å². The molecule has 1 amide bonds. The molecular weight excluding hydrogens is 414 g/mol. The lowest BCUT2D eigenvalue weighted by Gasteiger charge is -2.10. The molecule has 0 aliphatic rings. The Balaban J connectivity index is 1.81. The van der Waals surface area contributed by atoms with Crippen molar-refractivity contribution in [2.45, 2.75) is 20.3 Å². The predicted octanol–water partition coefficient (Wildman–Crippen LogP) is 5.18. The molecule has 0 fully saturated rings. The smallest absolute Gasteiger partial charge is 0.341 e. The third-order valence-electron chi connectivity index (χ3n) is 4.52. The number of hydrogen-bond donors (Lipinski definition) is 1. The number of benzene rings is 2. The van der Waals surface area contributed by atoms with Crippen LogP contribution in [-0.2, 0) is 16.0 Å². The number of hydrogen-bond acceptors (Lipinski definition) is 6. The Bertz CT molecular complexity index is 1030. The molecule has 0 saturated heterocycles. The highest BCUT2D eigenvalue weighted by Crippen LogP contribution is 2.37. The van der Waals surface area contributed by atoms with Crippen LogP contribution in [0.5, 0.6) is 11.5 Å². The number of thiophene rings is 1. The van der Waals surface area contributed by atoms with E-state index in [1.54, 1.807) is 14.0 Å². The van der Waals surface area contributed by atoms with E-state index >= 15 is 0 Å². The van der Waals surface area contributed by atoms with Crippen molar-refractivity contribution in [3.8, 4) is 22.6 Å². The van der Waals surface area contributed by atoms with E-state index in [-0.39, 0.29) is 18.9 Å². The zero-order valence-electron chi connectivity index (χ0n) is 17.8. The van der Waals surface area contributed by atoms with Gasteiger partial charge < -0.3 is 19.5 Å². The zero-order chi connectivity index (χ0) is 22.2. The number of carbonyl (C=O) groups is 2. The van der Waals surface area contributed by atoms with Crippen molar-refractivity contribution in [3.05, 3.63) is 65.0 Å². The minimum Gasteiger partial charge on any atom is -0.497 e. The van der Waals surface area contributed by atoms with Crippen LogP contribution in [0.15, 0.2) is 53.9 Å². The molecule has 0 aliphatic heterocycles. The average Bonchev–Trinajstić information content (AvgIpc) is 3.19. The number of anilines is 1. The second kappa shape index (κ2) is 10.6. The fourth-order valence-corrected chi connectivity index (χ4v) is 4.04. The highest BCUT2D eigenvalue weighted by molar-refractivity contribution is 7.15. The van der Waals surface area contributed by atoms with Crippen LogP contribution in [0.2, 0.25) is 0 Å². The van der Waals surface area contributed by atoms with Gasteiger partial charge in [0, 0.05) is 10.9 Å². The van der Waals surface area contributed by atoms with Gasteiger partial charge in [-0.1, -0.05) is 24.3 Å². The molecule has 7 heteroatoms. The number of carbonyl (C=O) groups excluding carboxylic acids is 2. The van der Waals surface area contributed by atoms with Gasteiger partial charge in [0.2, 0.25) is 5.91 Å². The van der Waals surface area contributed by atoms with Gasteiger partial charge in [0.1, 0.15) is 22.1 Å². The summed E-state index contributed by atoms with van der Waals surface area (Å²) in [6.07, 6.45) is 0.185. The van der Waals surface area contributed by atoms with Gasteiger partial charge >= 0.3 is 5.97 Å². The van der Waals surface area contributed by atoms with E-state index in [0.717, 1.165) is 22.6 Å². The molecule has 162 valence electrons. The highest BCUT2D eigenvalue weighted by atomic mass is 32.1. The first kappa shape index (κ1) is 22.4. The normalized spacial score (nSPS) is 10.4. The van der Waals surface area contributed by atoms with Gasteiger partial charge in [-0.15, -0.1) is 11.3 Å². The number of ether oxygens (including phenoxy) is 3. The van der Waals surface area contributed by atoms with Crippen LogP contribution in [0.25, 0.3) is 11.1 Å². The van der Waals surface area contributed by atoms with Crippen LogP contribution in [0, 0.1) is 0 Å². The van der Waals surface area contributed by atoms with Crippen molar-refractivity contribution in [2.24, 2.45) is 0 Å². The van der Waals surface area contributed by atoms with Crippen molar-refractivity contribution in [3.63, 3.8) is 0 Å². The van der Waals surface area contributed by atoms with Gasteiger partial charge in [-0.25, -0.2) is 4.79 Å². The largest absolute Gasteiger partial charge is 0.497 e. The van der Waals surface area contributed by atoms with Crippen molar-refractivity contribution in [2.75, 3.05) is 25.6 Å². The Labute approximate surface area is 185 Å². The Morgan fingerprint density at radius 3 is 2.23 bits per heavy atom. The molecule has 0 saturated carbocycles. The van der Waals surface area contributed by atoms with Crippen LogP contribution in [0.1, 0.15) is 29.8 Å². The first-order valence-corrected chi connectivity index (χ1v) is 10.9. The van der Waals surface area contributed by atoms with E-state index in [1.807, 2.05) is 60.8 Å². The molecule has 0 atom stereocenters. The number of amides is 1. The molecule has 3 rings (SSSR count). The van der Waals surface area contributed by atoms with E-state index in [0.29, 0.717) is 22.7 Å². The maximum absolute atomic E-state index is 12.7. The first-order chi connectivity index (χ1) is 15.0.